The molecule has 0 aliphatic rings. The molecule has 0 atom stereocenters. The molecular formula is C15H17N3O. The summed E-state index contributed by atoms with van der Waals surface area (Å²) in [4.78, 5) is 15.7. The van der Waals surface area contributed by atoms with Crippen LogP contribution in [0.3, 0.4) is 0 Å². The van der Waals surface area contributed by atoms with Crippen LogP contribution >= 0.6 is 0 Å². The molecule has 0 fully saturated rings. The summed E-state index contributed by atoms with van der Waals surface area (Å²) < 4.78 is 0. The summed E-state index contributed by atoms with van der Waals surface area (Å²) in [5, 5.41) is 5.98. The van der Waals surface area contributed by atoms with Crippen molar-refractivity contribution < 1.29 is 4.79 Å². The second-order valence-corrected chi connectivity index (χ2v) is 4.32. The Kier molecular flexibility index (Phi) is 4.64. The number of carbonyl (C=O) groups is 1. The molecule has 4 heteroatoms. The molecule has 0 saturated heterocycles. The Morgan fingerprint density at radius 2 is 1.89 bits per heavy atom. The molecule has 0 spiro atoms. The van der Waals surface area contributed by atoms with Crippen molar-refractivity contribution in [1.29, 1.82) is 0 Å². The van der Waals surface area contributed by atoms with Gasteiger partial charge in [-0.2, -0.15) is 0 Å². The highest BCUT2D eigenvalue weighted by Gasteiger charge is 2.03. The maximum absolute atomic E-state index is 11.8. The van der Waals surface area contributed by atoms with Crippen LogP contribution in [0.25, 0.3) is 0 Å². The van der Waals surface area contributed by atoms with Crippen LogP contribution in [0, 0.1) is 6.92 Å². The van der Waals surface area contributed by atoms with Crippen LogP contribution in [-0.4, -0.2) is 17.4 Å². The van der Waals surface area contributed by atoms with Crippen molar-refractivity contribution in [3.63, 3.8) is 0 Å². The number of para-hydroxylation sites is 1. The molecule has 19 heavy (non-hydrogen) atoms. The van der Waals surface area contributed by atoms with E-state index in [0.29, 0.717) is 6.54 Å². The van der Waals surface area contributed by atoms with Crippen molar-refractivity contribution >= 4 is 11.6 Å². The molecule has 98 valence electrons. The molecule has 0 aliphatic carbocycles. The zero-order chi connectivity index (χ0) is 13.5. The first-order chi connectivity index (χ1) is 9.25. The van der Waals surface area contributed by atoms with Gasteiger partial charge in [0.1, 0.15) is 0 Å². The predicted octanol–water partition coefficient (Wildman–Crippen LogP) is 2.12. The number of hydrogen-bond acceptors (Lipinski definition) is 3. The molecule has 0 unspecified atom stereocenters. The second-order valence-electron chi connectivity index (χ2n) is 4.32. The van der Waals surface area contributed by atoms with Gasteiger partial charge in [-0.1, -0.05) is 18.2 Å². The van der Waals surface area contributed by atoms with Gasteiger partial charge >= 0.3 is 0 Å². The summed E-state index contributed by atoms with van der Waals surface area (Å²) >= 11 is 0. The summed E-state index contributed by atoms with van der Waals surface area (Å²) in [6, 6.07) is 11.6. The lowest BCUT2D eigenvalue weighted by Crippen LogP contribution is -2.27. The van der Waals surface area contributed by atoms with Crippen LogP contribution in [0.2, 0.25) is 0 Å². The van der Waals surface area contributed by atoms with Gasteiger partial charge in [-0.25, -0.2) is 0 Å². The van der Waals surface area contributed by atoms with Crippen LogP contribution in [-0.2, 0) is 11.3 Å². The van der Waals surface area contributed by atoms with E-state index in [0.717, 1.165) is 16.8 Å². The van der Waals surface area contributed by atoms with Crippen molar-refractivity contribution in [2.45, 2.75) is 13.5 Å². The Balaban J connectivity index is 1.78. The molecule has 0 aliphatic heterocycles. The SMILES string of the molecule is Cc1ccccc1NC(=O)CNCc1ccncc1. The van der Waals surface area contributed by atoms with Gasteiger partial charge in [0.2, 0.25) is 5.91 Å². The van der Waals surface area contributed by atoms with Gasteiger partial charge < -0.3 is 10.6 Å². The molecule has 4 nitrogen and oxygen atoms in total. The molecule has 2 aromatic rings. The number of aryl methyl sites for hydroxylation is 1. The molecule has 2 N–H and O–H groups in total. The fraction of sp³-hybridized carbons (Fsp3) is 0.200. The topological polar surface area (TPSA) is 54.0 Å². The lowest BCUT2D eigenvalue weighted by atomic mass is 10.2. The smallest absolute Gasteiger partial charge is 0.238 e. The zero-order valence-electron chi connectivity index (χ0n) is 10.9. The molecule has 2 rings (SSSR count). The van der Waals surface area contributed by atoms with E-state index >= 15 is 0 Å². The summed E-state index contributed by atoms with van der Waals surface area (Å²) in [6.45, 7) is 2.92. The average molecular weight is 255 g/mol. The fourth-order valence-corrected chi connectivity index (χ4v) is 1.73. The fourth-order valence-electron chi connectivity index (χ4n) is 1.73. The van der Waals surface area contributed by atoms with Crippen LogP contribution in [0.4, 0.5) is 5.69 Å². The van der Waals surface area contributed by atoms with Gasteiger partial charge in [0.25, 0.3) is 0 Å². The third kappa shape index (κ3) is 4.19. The lowest BCUT2D eigenvalue weighted by molar-refractivity contribution is -0.115. The molecule has 0 radical (unpaired) electrons. The molecule has 0 bridgehead atoms. The van der Waals surface area contributed by atoms with Gasteiger partial charge in [-0.05, 0) is 36.2 Å². The van der Waals surface area contributed by atoms with Gasteiger partial charge in [0, 0.05) is 24.6 Å². The number of carbonyl (C=O) groups excluding carboxylic acids is 1. The Labute approximate surface area is 112 Å². The molecule has 1 heterocycles. The van der Waals surface area contributed by atoms with E-state index in [1.54, 1.807) is 12.4 Å². The minimum Gasteiger partial charge on any atom is -0.325 e. The number of amides is 1. The van der Waals surface area contributed by atoms with Gasteiger partial charge in [-0.15, -0.1) is 0 Å². The number of rotatable bonds is 5. The third-order valence-electron chi connectivity index (χ3n) is 2.78. The summed E-state index contributed by atoms with van der Waals surface area (Å²) in [5.41, 5.74) is 3.03. The highest BCUT2D eigenvalue weighted by atomic mass is 16.1. The van der Waals surface area contributed by atoms with E-state index in [2.05, 4.69) is 15.6 Å². The zero-order valence-corrected chi connectivity index (χ0v) is 10.9. The summed E-state index contributed by atoms with van der Waals surface area (Å²) in [7, 11) is 0. The van der Waals surface area contributed by atoms with Gasteiger partial charge in [-0.3, -0.25) is 9.78 Å². The molecule has 1 aromatic carbocycles. The van der Waals surface area contributed by atoms with Crippen LogP contribution in [0.15, 0.2) is 48.8 Å². The molecular weight excluding hydrogens is 238 g/mol. The number of benzene rings is 1. The minimum absolute atomic E-state index is 0.0386. The Hall–Kier alpha value is -2.20. The largest absolute Gasteiger partial charge is 0.325 e. The highest BCUT2D eigenvalue weighted by Crippen LogP contribution is 2.12. The third-order valence-corrected chi connectivity index (χ3v) is 2.78. The summed E-state index contributed by atoms with van der Waals surface area (Å²) in [5.74, 6) is -0.0386. The van der Waals surface area contributed by atoms with E-state index in [1.165, 1.54) is 0 Å². The monoisotopic (exact) mass is 255 g/mol. The molecule has 0 saturated carbocycles. The van der Waals surface area contributed by atoms with E-state index < -0.39 is 0 Å². The average Bonchev–Trinajstić information content (AvgIpc) is 2.43. The number of nitrogens with zero attached hydrogens (tertiary/aromatic N) is 1. The summed E-state index contributed by atoms with van der Waals surface area (Å²) in [6.07, 6.45) is 3.48. The van der Waals surface area contributed by atoms with Gasteiger partial charge in [0.15, 0.2) is 0 Å². The Morgan fingerprint density at radius 3 is 2.63 bits per heavy atom. The van der Waals surface area contributed by atoms with Crippen molar-refractivity contribution in [2.24, 2.45) is 0 Å². The van der Waals surface area contributed by atoms with E-state index in [-0.39, 0.29) is 12.5 Å². The number of hydrogen-bond donors (Lipinski definition) is 2. The van der Waals surface area contributed by atoms with Crippen LogP contribution in [0.5, 0.6) is 0 Å². The Morgan fingerprint density at radius 1 is 1.16 bits per heavy atom. The van der Waals surface area contributed by atoms with Crippen molar-refractivity contribution in [1.82, 2.24) is 10.3 Å². The van der Waals surface area contributed by atoms with Crippen molar-refractivity contribution in [3.05, 3.63) is 59.9 Å². The predicted molar refractivity (Wildman–Crippen MR) is 75.8 cm³/mol. The van der Waals surface area contributed by atoms with E-state index in [1.807, 2.05) is 43.3 Å². The lowest BCUT2D eigenvalue weighted by Gasteiger charge is -2.08. The maximum Gasteiger partial charge on any atom is 0.238 e. The van der Waals surface area contributed by atoms with Crippen LogP contribution in [0.1, 0.15) is 11.1 Å². The second kappa shape index (κ2) is 6.66. The highest BCUT2D eigenvalue weighted by molar-refractivity contribution is 5.92. The first-order valence-corrected chi connectivity index (χ1v) is 6.21. The first-order valence-electron chi connectivity index (χ1n) is 6.21. The number of aromatic nitrogens is 1. The standard InChI is InChI=1S/C15H17N3O/c1-12-4-2-3-5-14(12)18-15(19)11-17-10-13-6-8-16-9-7-13/h2-9,17H,10-11H2,1H3,(H,18,19). The molecule has 1 amide bonds. The quantitative estimate of drug-likeness (QED) is 0.860. The normalized spacial score (nSPS) is 10.2. The number of pyridine rings is 1. The number of nitrogens with one attached hydrogen (secondary N) is 2. The first kappa shape index (κ1) is 13.2. The molecule has 1 aromatic heterocycles. The van der Waals surface area contributed by atoms with Crippen molar-refractivity contribution in [3.8, 4) is 0 Å². The van der Waals surface area contributed by atoms with E-state index in [4.69, 9.17) is 0 Å². The van der Waals surface area contributed by atoms with Crippen LogP contribution < -0.4 is 10.6 Å². The maximum atomic E-state index is 11.8. The number of anilines is 1. The van der Waals surface area contributed by atoms with Gasteiger partial charge in [0.05, 0.1) is 6.54 Å². The van der Waals surface area contributed by atoms with Crippen molar-refractivity contribution in [2.75, 3.05) is 11.9 Å². The minimum atomic E-state index is -0.0386. The Bertz CT molecular complexity index is 540. The van der Waals surface area contributed by atoms with E-state index in [9.17, 15) is 4.79 Å².